The standard InChI is InChI=1S/C23H19N3O2/c27-22-24(17-11-5-3-6-12-17)23(28)26-21-16-10-4-8-14-19(21)18-13-7-1-2-9-15-20(18)25(22)26/h1-14,16,20-21H,15H2/b7-1-,9-2-,18-13-/t20-,21-/m1/s1. The molecule has 2 heterocycles. The fraction of sp³-hybridized carbons (Fsp3) is 0.130. The van der Waals surface area contributed by atoms with Crippen molar-refractivity contribution in [1.82, 2.24) is 13.9 Å². The molecule has 1 aliphatic heterocycles. The van der Waals surface area contributed by atoms with Crippen LogP contribution < -0.4 is 11.4 Å². The van der Waals surface area contributed by atoms with E-state index in [0.717, 1.165) is 11.1 Å². The molecule has 0 radical (unpaired) electrons. The third-order valence-electron chi connectivity index (χ3n) is 5.38. The van der Waals surface area contributed by atoms with E-state index in [9.17, 15) is 9.59 Å². The first-order chi connectivity index (χ1) is 13.8. The monoisotopic (exact) mass is 369 g/mol. The van der Waals surface area contributed by atoms with Crippen LogP contribution in [0.1, 0.15) is 18.5 Å². The first kappa shape index (κ1) is 16.6. The number of rotatable bonds is 1. The number of hydrogen-bond donors (Lipinski definition) is 0. The van der Waals surface area contributed by atoms with Gasteiger partial charge in [0, 0.05) is 0 Å². The first-order valence-corrected chi connectivity index (χ1v) is 9.37. The van der Waals surface area contributed by atoms with Gasteiger partial charge in [0.15, 0.2) is 0 Å². The van der Waals surface area contributed by atoms with Gasteiger partial charge in [0.2, 0.25) is 0 Å². The van der Waals surface area contributed by atoms with Crippen molar-refractivity contribution in [1.29, 1.82) is 0 Å². The fourth-order valence-electron chi connectivity index (χ4n) is 4.15. The lowest BCUT2D eigenvalue weighted by Crippen LogP contribution is -2.39. The Morgan fingerprint density at radius 3 is 2.29 bits per heavy atom. The Morgan fingerprint density at radius 2 is 1.46 bits per heavy atom. The lowest BCUT2D eigenvalue weighted by molar-refractivity contribution is 0.349. The molecule has 5 nitrogen and oxygen atoms in total. The molecule has 1 aromatic carbocycles. The second-order valence-electron chi connectivity index (χ2n) is 6.95. The molecule has 5 rings (SSSR count). The first-order valence-electron chi connectivity index (χ1n) is 9.37. The van der Waals surface area contributed by atoms with Crippen molar-refractivity contribution in [3.8, 4) is 5.69 Å². The minimum atomic E-state index is -0.320. The van der Waals surface area contributed by atoms with Crippen LogP contribution in [0.5, 0.6) is 0 Å². The molecule has 0 amide bonds. The highest BCUT2D eigenvalue weighted by Gasteiger charge is 2.37. The van der Waals surface area contributed by atoms with Crippen molar-refractivity contribution in [2.75, 3.05) is 0 Å². The van der Waals surface area contributed by atoms with Gasteiger partial charge in [-0.05, 0) is 29.7 Å². The van der Waals surface area contributed by atoms with Crippen molar-refractivity contribution in [3.05, 3.63) is 123 Å². The van der Waals surface area contributed by atoms with Gasteiger partial charge in [-0.1, -0.05) is 79.0 Å². The summed E-state index contributed by atoms with van der Waals surface area (Å²) >= 11 is 0. The lowest BCUT2D eigenvalue weighted by atomic mass is 9.88. The molecular formula is C23H19N3O2. The molecular weight excluding hydrogens is 350 g/mol. The highest BCUT2D eigenvalue weighted by Crippen LogP contribution is 2.40. The normalized spacial score (nSPS) is 26.4. The zero-order valence-corrected chi connectivity index (χ0v) is 15.2. The van der Waals surface area contributed by atoms with Crippen LogP contribution >= 0.6 is 0 Å². The molecule has 138 valence electrons. The van der Waals surface area contributed by atoms with Gasteiger partial charge in [-0.3, -0.25) is 0 Å². The van der Waals surface area contributed by atoms with Crippen LogP contribution in [0, 0.1) is 0 Å². The summed E-state index contributed by atoms with van der Waals surface area (Å²) in [5.41, 5.74) is 2.06. The zero-order chi connectivity index (χ0) is 19.1. The molecule has 0 saturated carbocycles. The van der Waals surface area contributed by atoms with Gasteiger partial charge >= 0.3 is 11.4 Å². The molecule has 2 atom stereocenters. The molecule has 28 heavy (non-hydrogen) atoms. The van der Waals surface area contributed by atoms with E-state index in [1.165, 1.54) is 4.57 Å². The van der Waals surface area contributed by atoms with Gasteiger partial charge in [0.25, 0.3) is 0 Å². The summed E-state index contributed by atoms with van der Waals surface area (Å²) in [6.45, 7) is 0. The van der Waals surface area contributed by atoms with E-state index in [4.69, 9.17) is 0 Å². The van der Waals surface area contributed by atoms with Crippen LogP contribution in [-0.2, 0) is 0 Å². The number of allylic oxidation sites excluding steroid dienone is 12. The van der Waals surface area contributed by atoms with Crippen LogP contribution in [0.15, 0.2) is 112 Å². The van der Waals surface area contributed by atoms with Crippen molar-refractivity contribution in [2.24, 2.45) is 0 Å². The molecule has 0 spiro atoms. The number of nitrogens with zero attached hydrogens (tertiary/aromatic N) is 3. The van der Waals surface area contributed by atoms with Gasteiger partial charge in [-0.25, -0.2) is 23.5 Å². The SMILES string of the molecule is O=c1n(-c2ccccc2)c(=O)n2n1[C@@H]1C=CC=CC=C1/C1=C/C=C\C=C/C[C@H]12. The summed E-state index contributed by atoms with van der Waals surface area (Å²) in [5.74, 6) is 0. The number of aromatic nitrogens is 3. The molecule has 1 aromatic heterocycles. The summed E-state index contributed by atoms with van der Waals surface area (Å²) in [4.78, 5) is 26.8. The van der Waals surface area contributed by atoms with Gasteiger partial charge < -0.3 is 0 Å². The van der Waals surface area contributed by atoms with Gasteiger partial charge in [-0.2, -0.15) is 0 Å². The average Bonchev–Trinajstić information content (AvgIpc) is 2.84. The fourth-order valence-corrected chi connectivity index (χ4v) is 4.15. The molecule has 0 fully saturated rings. The lowest BCUT2D eigenvalue weighted by Gasteiger charge is -2.34. The van der Waals surface area contributed by atoms with Crippen LogP contribution in [0.2, 0.25) is 0 Å². The maximum atomic E-state index is 13.4. The summed E-state index contributed by atoms with van der Waals surface area (Å²) in [6.07, 6.45) is 20.6. The number of fused-ring (bicyclic) bond motifs is 6. The van der Waals surface area contributed by atoms with Crippen molar-refractivity contribution >= 4 is 0 Å². The minimum Gasteiger partial charge on any atom is -0.245 e. The third-order valence-corrected chi connectivity index (χ3v) is 5.38. The Morgan fingerprint density at radius 1 is 0.750 bits per heavy atom. The summed E-state index contributed by atoms with van der Waals surface area (Å²) < 4.78 is 4.50. The highest BCUT2D eigenvalue weighted by molar-refractivity contribution is 5.48. The van der Waals surface area contributed by atoms with Crippen LogP contribution in [-0.4, -0.2) is 13.9 Å². The molecule has 0 N–H and O–H groups in total. The van der Waals surface area contributed by atoms with Crippen LogP contribution in [0.3, 0.4) is 0 Å². The smallest absolute Gasteiger partial charge is 0.245 e. The summed E-state index contributed by atoms with van der Waals surface area (Å²) in [7, 11) is 0. The Balaban J connectivity index is 1.86. The van der Waals surface area contributed by atoms with Crippen molar-refractivity contribution in [3.63, 3.8) is 0 Å². The second kappa shape index (κ2) is 6.53. The highest BCUT2D eigenvalue weighted by atomic mass is 16.2. The second-order valence-corrected chi connectivity index (χ2v) is 6.95. The third kappa shape index (κ3) is 2.40. The van der Waals surface area contributed by atoms with Crippen molar-refractivity contribution < 1.29 is 0 Å². The van der Waals surface area contributed by atoms with Crippen LogP contribution in [0.4, 0.5) is 0 Å². The molecule has 2 aromatic rings. The van der Waals surface area contributed by atoms with E-state index in [1.807, 2.05) is 72.9 Å². The predicted octanol–water partition coefficient (Wildman–Crippen LogP) is 3.39. The minimum absolute atomic E-state index is 0.228. The molecule has 3 aliphatic rings. The van der Waals surface area contributed by atoms with E-state index < -0.39 is 0 Å². The van der Waals surface area contributed by atoms with Gasteiger partial charge in [-0.15, -0.1) is 0 Å². The van der Waals surface area contributed by atoms with E-state index in [-0.39, 0.29) is 23.5 Å². The van der Waals surface area contributed by atoms with Gasteiger partial charge in [0.05, 0.1) is 17.8 Å². The number of para-hydroxylation sites is 1. The zero-order valence-electron chi connectivity index (χ0n) is 15.2. The van der Waals surface area contributed by atoms with Crippen LogP contribution in [0.25, 0.3) is 5.69 Å². The quantitative estimate of drug-likeness (QED) is 0.774. The Bertz CT molecular complexity index is 1230. The topological polar surface area (TPSA) is 48.9 Å². The molecule has 0 bridgehead atoms. The Kier molecular flexibility index (Phi) is 3.86. The van der Waals surface area contributed by atoms with E-state index >= 15 is 0 Å². The van der Waals surface area contributed by atoms with E-state index in [2.05, 4.69) is 6.08 Å². The number of benzene rings is 1. The molecule has 0 unspecified atom stereocenters. The Hall–Kier alpha value is -3.60. The summed E-state index contributed by atoms with van der Waals surface area (Å²) in [6, 6.07) is 8.56. The van der Waals surface area contributed by atoms with Crippen molar-refractivity contribution in [2.45, 2.75) is 18.5 Å². The average molecular weight is 369 g/mol. The molecule has 2 aliphatic carbocycles. The maximum Gasteiger partial charge on any atom is 0.352 e. The van der Waals surface area contributed by atoms with E-state index in [0.29, 0.717) is 12.1 Å². The summed E-state index contributed by atoms with van der Waals surface area (Å²) in [5, 5.41) is 0. The predicted molar refractivity (Wildman–Crippen MR) is 110 cm³/mol. The number of hydrogen-bond acceptors (Lipinski definition) is 2. The maximum absolute atomic E-state index is 13.4. The molecule has 5 heteroatoms. The molecule has 0 saturated heterocycles. The largest absolute Gasteiger partial charge is 0.352 e. The van der Waals surface area contributed by atoms with Gasteiger partial charge in [0.1, 0.15) is 0 Å². The Labute approximate surface area is 161 Å². The van der Waals surface area contributed by atoms with E-state index in [1.54, 1.807) is 21.5 Å².